The van der Waals surface area contributed by atoms with Gasteiger partial charge in [0.25, 0.3) is 0 Å². The van der Waals surface area contributed by atoms with Gasteiger partial charge in [0.1, 0.15) is 0 Å². The molecule has 0 amide bonds. The Morgan fingerprint density at radius 1 is 1.25 bits per heavy atom. The van der Waals surface area contributed by atoms with Crippen molar-refractivity contribution in [3.63, 3.8) is 0 Å². The topological polar surface area (TPSA) is 88.2 Å². The first-order valence-corrected chi connectivity index (χ1v) is 7.62. The third-order valence-electron chi connectivity index (χ3n) is 4.46. The molecule has 1 aliphatic heterocycles. The van der Waals surface area contributed by atoms with Gasteiger partial charge in [-0.1, -0.05) is 12.1 Å². The molecule has 0 saturated heterocycles. The van der Waals surface area contributed by atoms with Crippen LogP contribution in [-0.2, 0) is 0 Å². The van der Waals surface area contributed by atoms with E-state index in [0.717, 1.165) is 16.8 Å². The molecule has 2 aromatic heterocycles. The summed E-state index contributed by atoms with van der Waals surface area (Å²) in [4.78, 5) is 19.5. The largest absolute Gasteiger partial charge is 0.478 e. The molecule has 120 valence electrons. The highest BCUT2D eigenvalue weighted by atomic mass is 16.4. The van der Waals surface area contributed by atoms with Crippen molar-refractivity contribution in [2.45, 2.75) is 18.6 Å². The molecule has 1 aliphatic rings. The Hall–Kier alpha value is -2.99. The maximum atomic E-state index is 11.1. The van der Waals surface area contributed by atoms with E-state index in [1.54, 1.807) is 37.1 Å². The minimum atomic E-state index is -1.00. The van der Waals surface area contributed by atoms with Gasteiger partial charge in [-0.15, -0.1) is 0 Å². The molecule has 3 aromatic rings. The van der Waals surface area contributed by atoms with Crippen molar-refractivity contribution < 1.29 is 15.0 Å². The number of carbonyl (C=O) groups is 1. The van der Waals surface area contributed by atoms with E-state index in [1.165, 1.54) is 12.1 Å². The number of nitrogens with zero attached hydrogens (tertiary/aromatic N) is 3. The molecule has 0 saturated carbocycles. The molecule has 0 radical (unpaired) electrons. The van der Waals surface area contributed by atoms with Crippen LogP contribution in [0, 0.1) is 0 Å². The zero-order valence-electron chi connectivity index (χ0n) is 12.7. The minimum absolute atomic E-state index is 0.0519. The summed E-state index contributed by atoms with van der Waals surface area (Å²) in [6, 6.07) is 8.33. The van der Waals surface area contributed by atoms with Gasteiger partial charge in [0, 0.05) is 24.4 Å². The van der Waals surface area contributed by atoms with Crippen LogP contribution in [0.1, 0.15) is 40.1 Å². The number of pyridine rings is 1. The number of aliphatic hydroxyl groups excluding tert-OH is 1. The van der Waals surface area contributed by atoms with E-state index in [9.17, 15) is 9.90 Å². The van der Waals surface area contributed by atoms with Gasteiger partial charge in [-0.25, -0.2) is 9.78 Å². The molecule has 2 N–H and O–H groups in total. The van der Waals surface area contributed by atoms with Crippen molar-refractivity contribution in [2.75, 3.05) is 0 Å². The number of hydrogen-bond acceptors (Lipinski definition) is 4. The monoisotopic (exact) mass is 321 g/mol. The SMILES string of the molecule is O=C(O)c1cccc(C(O)CC2c3ccncc3-c3cncn32)c1. The first kappa shape index (κ1) is 14.6. The summed E-state index contributed by atoms with van der Waals surface area (Å²) in [6.45, 7) is 0. The molecule has 6 heteroatoms. The molecule has 3 heterocycles. The molecule has 0 bridgehead atoms. The van der Waals surface area contributed by atoms with Gasteiger partial charge in [-0.2, -0.15) is 0 Å². The van der Waals surface area contributed by atoms with Gasteiger partial charge in [-0.05, 0) is 29.3 Å². The molecule has 6 nitrogen and oxygen atoms in total. The molecule has 1 aromatic carbocycles. The van der Waals surface area contributed by atoms with Crippen molar-refractivity contribution in [1.29, 1.82) is 0 Å². The van der Waals surface area contributed by atoms with Crippen molar-refractivity contribution >= 4 is 5.97 Å². The summed E-state index contributed by atoms with van der Waals surface area (Å²) in [5, 5.41) is 19.7. The fourth-order valence-corrected chi connectivity index (χ4v) is 3.29. The number of imidazole rings is 1. The summed E-state index contributed by atoms with van der Waals surface area (Å²) in [6.07, 6.45) is 6.74. The molecular formula is C18H15N3O3. The van der Waals surface area contributed by atoms with E-state index < -0.39 is 12.1 Å². The number of aromatic carboxylic acids is 1. The summed E-state index contributed by atoms with van der Waals surface area (Å²) < 4.78 is 2.02. The van der Waals surface area contributed by atoms with Crippen molar-refractivity contribution in [2.24, 2.45) is 0 Å². The Balaban J connectivity index is 1.66. The fourth-order valence-electron chi connectivity index (χ4n) is 3.29. The van der Waals surface area contributed by atoms with Gasteiger partial charge in [0.15, 0.2) is 0 Å². The first-order chi connectivity index (χ1) is 11.6. The number of fused-ring (bicyclic) bond motifs is 3. The highest BCUT2D eigenvalue weighted by Gasteiger charge is 2.30. The first-order valence-electron chi connectivity index (χ1n) is 7.62. The maximum Gasteiger partial charge on any atom is 0.335 e. The van der Waals surface area contributed by atoms with Crippen LogP contribution in [0.25, 0.3) is 11.3 Å². The van der Waals surface area contributed by atoms with Crippen LogP contribution >= 0.6 is 0 Å². The van der Waals surface area contributed by atoms with Crippen LogP contribution in [0.5, 0.6) is 0 Å². The molecule has 2 atom stereocenters. The lowest BCUT2D eigenvalue weighted by Gasteiger charge is -2.19. The smallest absolute Gasteiger partial charge is 0.335 e. The van der Waals surface area contributed by atoms with Crippen molar-refractivity contribution in [1.82, 2.24) is 14.5 Å². The molecule has 0 aliphatic carbocycles. The van der Waals surface area contributed by atoms with Gasteiger partial charge in [0.2, 0.25) is 0 Å². The number of carboxylic acid groups (broad SMARTS) is 1. The molecule has 0 fully saturated rings. The Labute approximate surface area is 138 Å². The van der Waals surface area contributed by atoms with E-state index in [4.69, 9.17) is 5.11 Å². The predicted octanol–water partition coefficient (Wildman–Crippen LogP) is 2.67. The number of carboxylic acids is 1. The minimum Gasteiger partial charge on any atom is -0.478 e. The molecule has 4 rings (SSSR count). The lowest BCUT2D eigenvalue weighted by Crippen LogP contribution is -2.11. The second kappa shape index (κ2) is 5.58. The van der Waals surface area contributed by atoms with E-state index in [0.29, 0.717) is 12.0 Å². The Morgan fingerprint density at radius 3 is 2.96 bits per heavy atom. The molecule has 0 spiro atoms. The normalized spacial score (nSPS) is 16.5. The number of aliphatic hydroxyl groups is 1. The summed E-state index contributed by atoms with van der Waals surface area (Å²) in [7, 11) is 0. The molecule has 2 unspecified atom stereocenters. The standard InChI is InChI=1S/C18H15N3O3/c22-17(11-2-1-3-12(6-11)18(23)24)7-15-13-4-5-19-8-14(13)16-9-20-10-21(15)16/h1-6,8-10,15,17,22H,7H2,(H,23,24). The summed E-state index contributed by atoms with van der Waals surface area (Å²) in [5.41, 5.74) is 3.86. The number of aromatic nitrogens is 3. The van der Waals surface area contributed by atoms with E-state index in [1.807, 2.05) is 10.6 Å². The van der Waals surface area contributed by atoms with Crippen LogP contribution in [0.15, 0.2) is 55.2 Å². The van der Waals surface area contributed by atoms with Crippen LogP contribution < -0.4 is 0 Å². The lowest BCUT2D eigenvalue weighted by atomic mass is 9.96. The third-order valence-corrected chi connectivity index (χ3v) is 4.46. The molecular weight excluding hydrogens is 306 g/mol. The van der Waals surface area contributed by atoms with E-state index in [2.05, 4.69) is 9.97 Å². The number of rotatable bonds is 4. The van der Waals surface area contributed by atoms with Gasteiger partial charge in [0.05, 0.1) is 35.9 Å². The zero-order chi connectivity index (χ0) is 16.7. The highest BCUT2D eigenvalue weighted by Crippen LogP contribution is 2.42. The third kappa shape index (κ3) is 2.28. The average Bonchev–Trinajstić information content (AvgIpc) is 3.18. The van der Waals surface area contributed by atoms with Crippen LogP contribution in [-0.4, -0.2) is 30.7 Å². The lowest BCUT2D eigenvalue weighted by molar-refractivity contribution is 0.0696. The van der Waals surface area contributed by atoms with E-state index >= 15 is 0 Å². The second-order valence-electron chi connectivity index (χ2n) is 5.85. The Morgan fingerprint density at radius 2 is 2.12 bits per heavy atom. The second-order valence-corrected chi connectivity index (χ2v) is 5.85. The van der Waals surface area contributed by atoms with Crippen molar-refractivity contribution in [3.8, 4) is 11.3 Å². The predicted molar refractivity (Wildman–Crippen MR) is 86.6 cm³/mol. The maximum absolute atomic E-state index is 11.1. The van der Waals surface area contributed by atoms with Gasteiger partial charge >= 0.3 is 5.97 Å². The number of hydrogen-bond donors (Lipinski definition) is 2. The van der Waals surface area contributed by atoms with Crippen LogP contribution in [0.3, 0.4) is 0 Å². The average molecular weight is 321 g/mol. The summed E-state index contributed by atoms with van der Waals surface area (Å²) in [5.74, 6) is -1.00. The Bertz CT molecular complexity index is 919. The highest BCUT2D eigenvalue weighted by molar-refractivity contribution is 5.87. The number of benzene rings is 1. The van der Waals surface area contributed by atoms with Gasteiger partial charge in [-0.3, -0.25) is 4.98 Å². The zero-order valence-corrected chi connectivity index (χ0v) is 12.7. The summed E-state index contributed by atoms with van der Waals surface area (Å²) >= 11 is 0. The van der Waals surface area contributed by atoms with Crippen LogP contribution in [0.4, 0.5) is 0 Å². The van der Waals surface area contributed by atoms with Gasteiger partial charge < -0.3 is 14.8 Å². The van der Waals surface area contributed by atoms with E-state index in [-0.39, 0.29) is 11.6 Å². The fraction of sp³-hybridized carbons (Fsp3) is 0.167. The van der Waals surface area contributed by atoms with Crippen LogP contribution in [0.2, 0.25) is 0 Å². The quantitative estimate of drug-likeness (QED) is 0.771. The van der Waals surface area contributed by atoms with Crippen molar-refractivity contribution in [3.05, 3.63) is 71.9 Å². The molecule has 24 heavy (non-hydrogen) atoms. The Kier molecular flexibility index (Phi) is 3.39.